The summed E-state index contributed by atoms with van der Waals surface area (Å²) in [5.74, 6) is -0.134. The van der Waals surface area contributed by atoms with Crippen molar-refractivity contribution in [1.29, 1.82) is 0 Å². The number of rotatable bonds is 3. The molecule has 0 saturated heterocycles. The summed E-state index contributed by atoms with van der Waals surface area (Å²) in [6, 6.07) is 12.5. The normalized spacial score (nSPS) is 11.7. The Labute approximate surface area is 151 Å². The Balaban J connectivity index is 1.89. The van der Waals surface area contributed by atoms with Crippen molar-refractivity contribution in [2.75, 3.05) is 0 Å². The van der Waals surface area contributed by atoms with Gasteiger partial charge in [0.2, 0.25) is 0 Å². The maximum Gasteiger partial charge on any atom is 0.261 e. The Morgan fingerprint density at radius 1 is 1.12 bits per heavy atom. The zero-order valence-corrected chi connectivity index (χ0v) is 15.2. The molecule has 4 nitrogen and oxygen atoms in total. The number of hydrogen-bond acceptors (Lipinski definition) is 3. The third kappa shape index (κ3) is 3.64. The minimum Gasteiger partial charge on any atom is -0.292 e. The first kappa shape index (κ1) is 17.4. The number of nitrogens with zero attached hydrogens (tertiary/aromatic N) is 2. The van der Waals surface area contributed by atoms with E-state index >= 15 is 0 Å². The molecular formula is C20H19ClN2O2. The van der Waals surface area contributed by atoms with Crippen molar-refractivity contribution in [2.24, 2.45) is 0 Å². The molecule has 0 fully saturated rings. The summed E-state index contributed by atoms with van der Waals surface area (Å²) in [5, 5.41) is 0.874. The summed E-state index contributed by atoms with van der Waals surface area (Å²) < 4.78 is 1.32. The Kier molecular flexibility index (Phi) is 4.48. The summed E-state index contributed by atoms with van der Waals surface area (Å²) in [6.45, 7) is 6.31. The fourth-order valence-electron chi connectivity index (χ4n) is 2.65. The summed E-state index contributed by atoms with van der Waals surface area (Å²) >= 11 is 5.95. The van der Waals surface area contributed by atoms with Gasteiger partial charge in [0.1, 0.15) is 0 Å². The SMILES string of the molecule is CC(C)(C)c1ccc(C(=O)Cn2cnc3ccc(Cl)cc3c2=O)cc1. The highest BCUT2D eigenvalue weighted by atomic mass is 35.5. The number of hydrogen-bond donors (Lipinski definition) is 0. The van der Waals surface area contributed by atoms with Crippen molar-refractivity contribution in [2.45, 2.75) is 32.7 Å². The van der Waals surface area contributed by atoms with Gasteiger partial charge in [0.25, 0.3) is 5.56 Å². The lowest BCUT2D eigenvalue weighted by Gasteiger charge is -2.19. The lowest BCUT2D eigenvalue weighted by molar-refractivity contribution is 0.0970. The predicted octanol–water partition coefficient (Wildman–Crippen LogP) is 4.23. The minimum absolute atomic E-state index is 0.0278. The molecule has 2 aromatic carbocycles. The van der Waals surface area contributed by atoms with Crippen molar-refractivity contribution >= 4 is 28.3 Å². The van der Waals surface area contributed by atoms with Crippen molar-refractivity contribution < 1.29 is 4.79 Å². The first-order chi connectivity index (χ1) is 11.8. The molecule has 0 bridgehead atoms. The average Bonchev–Trinajstić information content (AvgIpc) is 2.57. The number of carbonyl (C=O) groups excluding carboxylic acids is 1. The molecule has 0 saturated carbocycles. The van der Waals surface area contributed by atoms with Gasteiger partial charge in [0, 0.05) is 10.6 Å². The molecule has 0 unspecified atom stereocenters. The number of Topliss-reactive ketones (excluding diaryl/α,β-unsaturated/α-hetero) is 1. The van der Waals surface area contributed by atoms with E-state index in [0.717, 1.165) is 5.56 Å². The van der Waals surface area contributed by atoms with Crippen LogP contribution >= 0.6 is 11.6 Å². The molecule has 0 atom stereocenters. The zero-order chi connectivity index (χ0) is 18.2. The number of benzene rings is 2. The van der Waals surface area contributed by atoms with Crippen molar-refractivity contribution in [3.05, 3.63) is 75.3 Å². The molecule has 0 amide bonds. The van der Waals surface area contributed by atoms with Gasteiger partial charge >= 0.3 is 0 Å². The van der Waals surface area contributed by atoms with E-state index in [1.54, 1.807) is 30.3 Å². The van der Waals surface area contributed by atoms with Gasteiger partial charge in [-0.3, -0.25) is 14.2 Å². The molecule has 0 aliphatic carbocycles. The maximum atomic E-state index is 12.5. The van der Waals surface area contributed by atoms with Crippen molar-refractivity contribution in [1.82, 2.24) is 9.55 Å². The van der Waals surface area contributed by atoms with Gasteiger partial charge in [-0.05, 0) is 29.2 Å². The van der Waals surface area contributed by atoms with Crippen LogP contribution in [0.15, 0.2) is 53.6 Å². The van der Waals surface area contributed by atoms with Crippen molar-refractivity contribution in [3.63, 3.8) is 0 Å². The maximum absolute atomic E-state index is 12.5. The fraction of sp³-hybridized carbons (Fsp3) is 0.250. The molecule has 0 spiro atoms. The molecule has 3 rings (SSSR count). The minimum atomic E-state index is -0.271. The number of halogens is 1. The van der Waals surface area contributed by atoms with Gasteiger partial charge < -0.3 is 0 Å². The van der Waals surface area contributed by atoms with Crippen LogP contribution in [0.4, 0.5) is 0 Å². The fourth-order valence-corrected chi connectivity index (χ4v) is 2.82. The smallest absolute Gasteiger partial charge is 0.261 e. The lowest BCUT2D eigenvalue weighted by atomic mass is 9.86. The van der Waals surface area contributed by atoms with Crippen LogP contribution in [0.2, 0.25) is 5.02 Å². The zero-order valence-electron chi connectivity index (χ0n) is 14.4. The van der Waals surface area contributed by atoms with Crippen molar-refractivity contribution in [3.8, 4) is 0 Å². The van der Waals surface area contributed by atoms with Gasteiger partial charge in [0.15, 0.2) is 5.78 Å². The van der Waals surface area contributed by atoms with Crippen LogP contribution in [-0.4, -0.2) is 15.3 Å². The molecule has 3 aromatic rings. The van der Waals surface area contributed by atoms with Crippen LogP contribution in [0.1, 0.15) is 36.7 Å². The molecule has 1 aromatic heterocycles. The van der Waals surface area contributed by atoms with Crippen LogP contribution in [0.3, 0.4) is 0 Å². The Morgan fingerprint density at radius 2 is 1.80 bits per heavy atom. The van der Waals surface area contributed by atoms with E-state index in [-0.39, 0.29) is 23.3 Å². The largest absolute Gasteiger partial charge is 0.292 e. The third-order valence-corrected chi connectivity index (χ3v) is 4.41. The van der Waals surface area contributed by atoms with Crippen LogP contribution in [-0.2, 0) is 12.0 Å². The topological polar surface area (TPSA) is 52.0 Å². The molecular weight excluding hydrogens is 336 g/mol. The number of aromatic nitrogens is 2. The summed E-state index contributed by atoms with van der Waals surface area (Å²) in [6.07, 6.45) is 1.40. The molecule has 128 valence electrons. The van der Waals surface area contributed by atoms with E-state index in [0.29, 0.717) is 21.5 Å². The molecule has 0 aliphatic rings. The monoisotopic (exact) mass is 354 g/mol. The van der Waals surface area contributed by atoms with Gasteiger partial charge in [0.05, 0.1) is 23.8 Å². The van der Waals surface area contributed by atoms with Crippen LogP contribution in [0, 0.1) is 0 Å². The van der Waals surface area contributed by atoms with E-state index in [1.165, 1.54) is 10.9 Å². The molecule has 0 aliphatic heterocycles. The molecule has 1 heterocycles. The summed E-state index contributed by atoms with van der Waals surface area (Å²) in [4.78, 5) is 29.3. The van der Waals surface area contributed by atoms with Gasteiger partial charge in [-0.15, -0.1) is 0 Å². The Bertz CT molecular complexity index is 999. The van der Waals surface area contributed by atoms with Gasteiger partial charge in [-0.2, -0.15) is 0 Å². The highest BCUT2D eigenvalue weighted by Crippen LogP contribution is 2.22. The Morgan fingerprint density at radius 3 is 2.44 bits per heavy atom. The van der Waals surface area contributed by atoms with E-state index in [2.05, 4.69) is 25.8 Å². The van der Waals surface area contributed by atoms with Gasteiger partial charge in [-0.1, -0.05) is 56.6 Å². The molecule has 25 heavy (non-hydrogen) atoms. The highest BCUT2D eigenvalue weighted by Gasteiger charge is 2.15. The first-order valence-corrected chi connectivity index (χ1v) is 8.42. The molecule has 0 radical (unpaired) electrons. The summed E-state index contributed by atoms with van der Waals surface area (Å²) in [7, 11) is 0. The third-order valence-electron chi connectivity index (χ3n) is 4.17. The second-order valence-corrected chi connectivity index (χ2v) is 7.53. The number of carbonyl (C=O) groups is 1. The first-order valence-electron chi connectivity index (χ1n) is 8.04. The van der Waals surface area contributed by atoms with Crippen LogP contribution in [0.25, 0.3) is 10.9 Å². The van der Waals surface area contributed by atoms with Gasteiger partial charge in [-0.25, -0.2) is 4.98 Å². The number of fused-ring (bicyclic) bond motifs is 1. The quantitative estimate of drug-likeness (QED) is 0.661. The van der Waals surface area contributed by atoms with E-state index in [4.69, 9.17) is 11.6 Å². The summed E-state index contributed by atoms with van der Waals surface area (Å²) in [5.41, 5.74) is 2.05. The Hall–Kier alpha value is -2.46. The van der Waals surface area contributed by atoms with E-state index in [1.807, 2.05) is 12.1 Å². The second-order valence-electron chi connectivity index (χ2n) is 7.09. The van der Waals surface area contributed by atoms with Crippen LogP contribution < -0.4 is 5.56 Å². The lowest BCUT2D eigenvalue weighted by Crippen LogP contribution is -2.24. The number of ketones is 1. The highest BCUT2D eigenvalue weighted by molar-refractivity contribution is 6.31. The predicted molar refractivity (Wildman–Crippen MR) is 100 cm³/mol. The molecule has 5 heteroatoms. The second kappa shape index (κ2) is 6.45. The van der Waals surface area contributed by atoms with E-state index < -0.39 is 0 Å². The standard InChI is InChI=1S/C20H19ClN2O2/c1-20(2,3)14-6-4-13(5-7-14)18(24)11-23-12-22-17-9-8-15(21)10-16(17)19(23)25/h4-10,12H,11H2,1-3H3. The molecule has 0 N–H and O–H groups in total. The van der Waals surface area contributed by atoms with Crippen LogP contribution in [0.5, 0.6) is 0 Å². The van der Waals surface area contributed by atoms with E-state index in [9.17, 15) is 9.59 Å². The average molecular weight is 355 g/mol.